The second-order valence-electron chi connectivity index (χ2n) is 5.77. The van der Waals surface area contributed by atoms with Crippen LogP contribution in [-0.4, -0.2) is 36.2 Å². The molecule has 0 aromatic carbocycles. The SMILES string of the molecule is O=C(NCC1(CO)CC1)C1CC2CCC1N2. The van der Waals surface area contributed by atoms with Crippen LogP contribution in [0.2, 0.25) is 0 Å². The van der Waals surface area contributed by atoms with Crippen molar-refractivity contribution in [2.75, 3.05) is 13.2 Å². The number of amides is 1. The molecular weight excluding hydrogens is 204 g/mol. The summed E-state index contributed by atoms with van der Waals surface area (Å²) in [6, 6.07) is 0.989. The third-order valence-electron chi connectivity index (χ3n) is 4.57. The Morgan fingerprint density at radius 3 is 2.75 bits per heavy atom. The van der Waals surface area contributed by atoms with E-state index in [2.05, 4.69) is 10.6 Å². The molecule has 90 valence electrons. The van der Waals surface area contributed by atoms with Gasteiger partial charge < -0.3 is 15.7 Å². The second kappa shape index (κ2) is 3.70. The van der Waals surface area contributed by atoms with Crippen LogP contribution in [0, 0.1) is 11.3 Å². The van der Waals surface area contributed by atoms with Gasteiger partial charge in [-0.1, -0.05) is 0 Å². The number of hydrogen-bond acceptors (Lipinski definition) is 3. The van der Waals surface area contributed by atoms with Crippen LogP contribution in [-0.2, 0) is 4.79 Å². The quantitative estimate of drug-likeness (QED) is 0.630. The number of carbonyl (C=O) groups is 1. The van der Waals surface area contributed by atoms with Gasteiger partial charge in [-0.2, -0.15) is 0 Å². The van der Waals surface area contributed by atoms with Gasteiger partial charge in [-0.25, -0.2) is 0 Å². The topological polar surface area (TPSA) is 61.4 Å². The number of aliphatic hydroxyl groups excluding tert-OH is 1. The predicted molar refractivity (Wildman–Crippen MR) is 59.8 cm³/mol. The predicted octanol–water partition coefficient (Wildman–Crippen LogP) is 0.0156. The molecule has 3 fully saturated rings. The van der Waals surface area contributed by atoms with Crippen LogP contribution >= 0.6 is 0 Å². The van der Waals surface area contributed by atoms with Gasteiger partial charge in [0, 0.05) is 24.0 Å². The molecule has 3 aliphatic rings. The van der Waals surface area contributed by atoms with Gasteiger partial charge in [0.2, 0.25) is 5.91 Å². The second-order valence-corrected chi connectivity index (χ2v) is 5.77. The van der Waals surface area contributed by atoms with E-state index >= 15 is 0 Å². The third-order valence-corrected chi connectivity index (χ3v) is 4.57. The fourth-order valence-corrected chi connectivity index (χ4v) is 3.09. The molecule has 1 amide bonds. The van der Waals surface area contributed by atoms with Gasteiger partial charge >= 0.3 is 0 Å². The van der Waals surface area contributed by atoms with Crippen molar-refractivity contribution >= 4 is 5.91 Å². The molecule has 2 saturated heterocycles. The molecule has 4 nitrogen and oxygen atoms in total. The molecule has 4 heteroatoms. The van der Waals surface area contributed by atoms with E-state index in [9.17, 15) is 9.90 Å². The summed E-state index contributed by atoms with van der Waals surface area (Å²) in [6.45, 7) is 0.873. The largest absolute Gasteiger partial charge is 0.396 e. The lowest BCUT2D eigenvalue weighted by molar-refractivity contribution is -0.125. The van der Waals surface area contributed by atoms with E-state index < -0.39 is 0 Å². The number of hydrogen-bond donors (Lipinski definition) is 3. The number of carbonyl (C=O) groups excluding carboxylic acids is 1. The summed E-state index contributed by atoms with van der Waals surface area (Å²) < 4.78 is 0. The first-order chi connectivity index (χ1) is 7.72. The Morgan fingerprint density at radius 2 is 2.25 bits per heavy atom. The van der Waals surface area contributed by atoms with Gasteiger partial charge in [0.25, 0.3) is 0 Å². The third kappa shape index (κ3) is 1.74. The minimum atomic E-state index is 0.0285. The highest BCUT2D eigenvalue weighted by Crippen LogP contribution is 2.44. The molecule has 1 saturated carbocycles. The number of nitrogens with one attached hydrogen (secondary N) is 2. The van der Waals surface area contributed by atoms with Crippen molar-refractivity contribution in [2.24, 2.45) is 11.3 Å². The van der Waals surface area contributed by atoms with Crippen molar-refractivity contribution in [2.45, 2.75) is 44.2 Å². The van der Waals surface area contributed by atoms with E-state index in [1.165, 1.54) is 6.42 Å². The van der Waals surface area contributed by atoms with Crippen LogP contribution < -0.4 is 10.6 Å². The maximum absolute atomic E-state index is 12.0. The molecule has 2 heterocycles. The zero-order valence-corrected chi connectivity index (χ0v) is 9.54. The zero-order valence-electron chi connectivity index (χ0n) is 9.54. The molecule has 0 radical (unpaired) electrons. The van der Waals surface area contributed by atoms with Gasteiger partial charge in [-0.15, -0.1) is 0 Å². The van der Waals surface area contributed by atoms with Crippen LogP contribution in [0.4, 0.5) is 0 Å². The van der Waals surface area contributed by atoms with E-state index in [0.717, 1.165) is 25.7 Å². The molecular formula is C12H20N2O2. The molecule has 3 atom stereocenters. The maximum Gasteiger partial charge on any atom is 0.224 e. The minimum absolute atomic E-state index is 0.0285. The molecule has 3 rings (SSSR count). The Kier molecular flexibility index (Phi) is 2.44. The molecule has 0 aromatic rings. The fourth-order valence-electron chi connectivity index (χ4n) is 3.09. The summed E-state index contributed by atoms with van der Waals surface area (Å²) in [7, 11) is 0. The summed E-state index contributed by atoms with van der Waals surface area (Å²) in [5.41, 5.74) is 0.0285. The minimum Gasteiger partial charge on any atom is -0.396 e. The lowest BCUT2D eigenvalue weighted by Gasteiger charge is -2.21. The number of aliphatic hydroxyl groups is 1. The van der Waals surface area contributed by atoms with Gasteiger partial charge in [0.1, 0.15) is 0 Å². The first-order valence-corrected chi connectivity index (χ1v) is 6.37. The summed E-state index contributed by atoms with van der Waals surface area (Å²) in [6.07, 6.45) is 5.49. The Labute approximate surface area is 95.8 Å². The highest BCUT2D eigenvalue weighted by molar-refractivity contribution is 5.80. The van der Waals surface area contributed by atoms with Crippen LogP contribution in [0.3, 0.4) is 0 Å². The van der Waals surface area contributed by atoms with Crippen molar-refractivity contribution in [3.8, 4) is 0 Å². The summed E-state index contributed by atoms with van der Waals surface area (Å²) in [5, 5.41) is 15.7. The first-order valence-electron chi connectivity index (χ1n) is 6.37. The first kappa shape index (κ1) is 10.5. The van der Waals surface area contributed by atoms with Crippen LogP contribution in [0.15, 0.2) is 0 Å². The van der Waals surface area contributed by atoms with Crippen molar-refractivity contribution in [1.29, 1.82) is 0 Å². The van der Waals surface area contributed by atoms with Crippen molar-refractivity contribution in [3.63, 3.8) is 0 Å². The van der Waals surface area contributed by atoms with Crippen molar-refractivity contribution in [3.05, 3.63) is 0 Å². The molecule has 16 heavy (non-hydrogen) atoms. The van der Waals surface area contributed by atoms with E-state index in [-0.39, 0.29) is 23.8 Å². The van der Waals surface area contributed by atoms with Crippen molar-refractivity contribution < 1.29 is 9.90 Å². The summed E-state index contributed by atoms with van der Waals surface area (Å²) >= 11 is 0. The molecule has 1 aliphatic carbocycles. The Hall–Kier alpha value is -0.610. The van der Waals surface area contributed by atoms with Crippen LogP contribution in [0.25, 0.3) is 0 Å². The van der Waals surface area contributed by atoms with Gasteiger partial charge in [0.05, 0.1) is 12.5 Å². The Bertz CT molecular complexity index is 301. The Morgan fingerprint density at radius 1 is 1.44 bits per heavy atom. The average Bonchev–Trinajstić information content (AvgIpc) is 2.78. The van der Waals surface area contributed by atoms with Gasteiger partial charge in [-0.05, 0) is 32.1 Å². The highest BCUT2D eigenvalue weighted by atomic mass is 16.3. The lowest BCUT2D eigenvalue weighted by atomic mass is 9.88. The van der Waals surface area contributed by atoms with Gasteiger partial charge in [0.15, 0.2) is 0 Å². The fraction of sp³-hybridized carbons (Fsp3) is 0.917. The number of rotatable bonds is 4. The smallest absolute Gasteiger partial charge is 0.224 e. The molecule has 2 aliphatic heterocycles. The van der Waals surface area contributed by atoms with E-state index in [1.54, 1.807) is 0 Å². The maximum atomic E-state index is 12.0. The molecule has 0 aromatic heterocycles. The monoisotopic (exact) mass is 224 g/mol. The molecule has 3 N–H and O–H groups in total. The number of fused-ring (bicyclic) bond motifs is 2. The Balaban J connectivity index is 1.50. The van der Waals surface area contributed by atoms with Crippen LogP contribution in [0.5, 0.6) is 0 Å². The summed E-state index contributed by atoms with van der Waals surface area (Å²) in [4.78, 5) is 12.0. The molecule has 3 unspecified atom stereocenters. The lowest BCUT2D eigenvalue weighted by Crippen LogP contribution is -2.40. The van der Waals surface area contributed by atoms with Crippen LogP contribution in [0.1, 0.15) is 32.1 Å². The van der Waals surface area contributed by atoms with E-state index in [4.69, 9.17) is 0 Å². The van der Waals surface area contributed by atoms with Gasteiger partial charge in [-0.3, -0.25) is 4.79 Å². The molecule has 2 bridgehead atoms. The van der Waals surface area contributed by atoms with E-state index in [1.807, 2.05) is 0 Å². The normalized spacial score (nSPS) is 38.7. The standard InChI is InChI=1S/C12H20N2O2/c15-7-12(3-4-12)6-13-11(16)9-5-8-1-2-10(9)14-8/h8-10,14-15H,1-7H2,(H,13,16). The van der Waals surface area contributed by atoms with Crippen molar-refractivity contribution in [1.82, 2.24) is 10.6 Å². The highest BCUT2D eigenvalue weighted by Gasteiger charge is 2.45. The summed E-state index contributed by atoms with van der Waals surface area (Å²) in [5.74, 6) is 0.368. The van der Waals surface area contributed by atoms with E-state index in [0.29, 0.717) is 18.6 Å². The molecule has 0 spiro atoms. The zero-order chi connectivity index (χ0) is 11.2. The average molecular weight is 224 g/mol.